The first-order valence-electron chi connectivity index (χ1n) is 10.7. The molecule has 0 atom stereocenters. The molecule has 0 radical (unpaired) electrons. The van der Waals surface area contributed by atoms with E-state index in [1.54, 1.807) is 35.5 Å². The second kappa shape index (κ2) is 8.39. The highest BCUT2D eigenvalue weighted by molar-refractivity contribution is 6.33. The smallest absolute Gasteiger partial charge is 0.337 e. The fourth-order valence-electron chi connectivity index (χ4n) is 4.04. The predicted octanol–water partition coefficient (Wildman–Crippen LogP) is 5.10. The lowest BCUT2D eigenvalue weighted by atomic mass is 9.99. The summed E-state index contributed by atoms with van der Waals surface area (Å²) in [5.41, 5.74) is 3.49. The highest BCUT2D eigenvalue weighted by atomic mass is 35.5. The summed E-state index contributed by atoms with van der Waals surface area (Å²) in [6, 6.07) is 16.0. The highest BCUT2D eigenvalue weighted by Gasteiger charge is 2.30. The van der Waals surface area contributed by atoms with Crippen LogP contribution in [-0.2, 0) is 6.54 Å². The molecule has 0 fully saturated rings. The van der Waals surface area contributed by atoms with Crippen molar-refractivity contribution in [1.82, 2.24) is 19.7 Å². The Balaban J connectivity index is 1.48. The molecule has 5 rings (SSSR count). The van der Waals surface area contributed by atoms with Gasteiger partial charge in [-0.15, -0.1) is 10.2 Å². The summed E-state index contributed by atoms with van der Waals surface area (Å²) in [4.78, 5) is 31.1. The largest absolute Gasteiger partial charge is 0.478 e. The van der Waals surface area contributed by atoms with Crippen molar-refractivity contribution in [3.05, 3.63) is 82.6 Å². The summed E-state index contributed by atoms with van der Waals surface area (Å²) >= 11 is 6.00. The van der Waals surface area contributed by atoms with Crippen molar-refractivity contribution in [3.63, 3.8) is 0 Å². The molecule has 8 nitrogen and oxygen atoms in total. The number of hydrogen-bond donors (Lipinski definition) is 1. The molecule has 2 aromatic heterocycles. The van der Waals surface area contributed by atoms with E-state index in [4.69, 9.17) is 16.6 Å². The normalized spacial score (nSPS) is 12.9. The Hall–Kier alpha value is -4.04. The number of fused-ring (bicyclic) bond motifs is 1. The molecule has 4 aromatic rings. The summed E-state index contributed by atoms with van der Waals surface area (Å²) < 4.78 is 1.93. The SMILES string of the molecule is CC(C)n1cnnc1-c1cccc(N2Cc3ccc(-c4ccc(Cl)c(C(=O)O)c4)cc3C2=O)n1. The standard InChI is InChI=1S/C25H20ClN5O3/c1-14(2)31-13-27-29-23(31)21-4-3-5-22(28-21)30-12-17-7-6-15(10-18(17)24(30)32)16-8-9-20(26)19(11-16)25(33)34/h3-11,13-14H,12H2,1-2H3,(H,33,34). The fraction of sp³-hybridized carbons (Fsp3) is 0.160. The maximum atomic E-state index is 13.3. The molecule has 0 aliphatic carbocycles. The predicted molar refractivity (Wildman–Crippen MR) is 128 cm³/mol. The number of carbonyl (C=O) groups excluding carboxylic acids is 1. The first-order valence-corrected chi connectivity index (χ1v) is 11.1. The Morgan fingerprint density at radius 2 is 1.85 bits per heavy atom. The van der Waals surface area contributed by atoms with Gasteiger partial charge < -0.3 is 9.67 Å². The molecule has 9 heteroatoms. The van der Waals surface area contributed by atoms with Gasteiger partial charge in [-0.2, -0.15) is 0 Å². The van der Waals surface area contributed by atoms with Gasteiger partial charge in [0.1, 0.15) is 17.8 Å². The van der Waals surface area contributed by atoms with Crippen LogP contribution in [0.25, 0.3) is 22.6 Å². The average Bonchev–Trinajstić information content (AvgIpc) is 3.44. The van der Waals surface area contributed by atoms with Crippen molar-refractivity contribution in [2.45, 2.75) is 26.4 Å². The molecule has 34 heavy (non-hydrogen) atoms. The number of carboxylic acids is 1. The molecule has 0 saturated heterocycles. The first-order chi connectivity index (χ1) is 16.3. The summed E-state index contributed by atoms with van der Waals surface area (Å²) in [6.45, 7) is 4.47. The number of carboxylic acid groups (broad SMARTS) is 1. The van der Waals surface area contributed by atoms with Crippen LogP contribution in [0.5, 0.6) is 0 Å². The van der Waals surface area contributed by atoms with E-state index in [-0.39, 0.29) is 22.5 Å². The monoisotopic (exact) mass is 473 g/mol. The quantitative estimate of drug-likeness (QED) is 0.432. The van der Waals surface area contributed by atoms with Crippen molar-refractivity contribution < 1.29 is 14.7 Å². The van der Waals surface area contributed by atoms with Crippen molar-refractivity contribution in [2.24, 2.45) is 0 Å². The van der Waals surface area contributed by atoms with E-state index in [0.29, 0.717) is 35.0 Å². The Morgan fingerprint density at radius 3 is 2.62 bits per heavy atom. The summed E-state index contributed by atoms with van der Waals surface area (Å²) in [6.07, 6.45) is 1.67. The molecule has 1 aliphatic heterocycles. The topological polar surface area (TPSA) is 101 Å². The Bertz CT molecular complexity index is 1450. The lowest BCUT2D eigenvalue weighted by molar-refractivity contribution is 0.0697. The Kier molecular flexibility index (Phi) is 5.37. The number of halogens is 1. The first kappa shape index (κ1) is 21.8. The van der Waals surface area contributed by atoms with Gasteiger partial charge in [-0.3, -0.25) is 9.69 Å². The van der Waals surface area contributed by atoms with E-state index in [1.165, 1.54) is 6.07 Å². The van der Waals surface area contributed by atoms with Crippen LogP contribution in [0.1, 0.15) is 46.2 Å². The third-order valence-electron chi connectivity index (χ3n) is 5.81. The number of nitrogens with zero attached hydrogens (tertiary/aromatic N) is 5. The lowest BCUT2D eigenvalue weighted by Crippen LogP contribution is -2.24. The van der Waals surface area contributed by atoms with Crippen LogP contribution in [0.2, 0.25) is 5.02 Å². The van der Waals surface area contributed by atoms with Gasteiger partial charge in [-0.05, 0) is 60.9 Å². The number of hydrogen-bond acceptors (Lipinski definition) is 5. The van der Waals surface area contributed by atoms with Crippen LogP contribution in [0.3, 0.4) is 0 Å². The van der Waals surface area contributed by atoms with Gasteiger partial charge in [0.2, 0.25) is 0 Å². The second-order valence-electron chi connectivity index (χ2n) is 8.30. The molecule has 3 heterocycles. The van der Waals surface area contributed by atoms with Crippen molar-refractivity contribution in [3.8, 4) is 22.6 Å². The Labute approximate surface area is 200 Å². The maximum Gasteiger partial charge on any atom is 0.337 e. The van der Waals surface area contributed by atoms with Crippen LogP contribution in [0, 0.1) is 0 Å². The lowest BCUT2D eigenvalue weighted by Gasteiger charge is -2.16. The van der Waals surface area contributed by atoms with Crippen LogP contribution >= 0.6 is 11.6 Å². The molecule has 2 aromatic carbocycles. The van der Waals surface area contributed by atoms with E-state index in [1.807, 2.05) is 42.7 Å². The second-order valence-corrected chi connectivity index (χ2v) is 8.71. The molecule has 0 spiro atoms. The third-order valence-corrected chi connectivity index (χ3v) is 6.14. The van der Waals surface area contributed by atoms with Gasteiger partial charge in [-0.1, -0.05) is 35.9 Å². The number of pyridine rings is 1. The zero-order valence-electron chi connectivity index (χ0n) is 18.4. The van der Waals surface area contributed by atoms with Gasteiger partial charge in [0.15, 0.2) is 5.82 Å². The summed E-state index contributed by atoms with van der Waals surface area (Å²) in [7, 11) is 0. The van der Waals surface area contributed by atoms with Crippen molar-refractivity contribution in [1.29, 1.82) is 0 Å². The minimum Gasteiger partial charge on any atom is -0.478 e. The van der Waals surface area contributed by atoms with E-state index < -0.39 is 5.97 Å². The summed E-state index contributed by atoms with van der Waals surface area (Å²) in [5, 5.41) is 17.7. The molecule has 0 saturated carbocycles. The maximum absolute atomic E-state index is 13.3. The zero-order valence-corrected chi connectivity index (χ0v) is 19.2. The Morgan fingerprint density at radius 1 is 1.09 bits per heavy atom. The van der Waals surface area contributed by atoms with E-state index in [9.17, 15) is 14.7 Å². The average molecular weight is 474 g/mol. The fourth-order valence-corrected chi connectivity index (χ4v) is 4.23. The van der Waals surface area contributed by atoms with Gasteiger partial charge in [-0.25, -0.2) is 9.78 Å². The van der Waals surface area contributed by atoms with Crippen molar-refractivity contribution in [2.75, 3.05) is 4.90 Å². The van der Waals surface area contributed by atoms with Crippen LogP contribution in [0.15, 0.2) is 60.9 Å². The van der Waals surface area contributed by atoms with Crippen LogP contribution in [0.4, 0.5) is 5.82 Å². The number of rotatable bonds is 5. The molecule has 170 valence electrons. The van der Waals surface area contributed by atoms with E-state index >= 15 is 0 Å². The minimum atomic E-state index is -1.10. The van der Waals surface area contributed by atoms with Crippen LogP contribution < -0.4 is 4.90 Å². The van der Waals surface area contributed by atoms with E-state index in [2.05, 4.69) is 10.2 Å². The van der Waals surface area contributed by atoms with Gasteiger partial charge >= 0.3 is 5.97 Å². The third kappa shape index (κ3) is 3.72. The van der Waals surface area contributed by atoms with Crippen LogP contribution in [-0.4, -0.2) is 36.7 Å². The number of amides is 1. The zero-order chi connectivity index (χ0) is 24.0. The summed E-state index contributed by atoms with van der Waals surface area (Å²) in [5.74, 6) is -0.104. The number of aromatic carboxylic acids is 1. The van der Waals surface area contributed by atoms with Gasteiger partial charge in [0, 0.05) is 11.6 Å². The number of carbonyl (C=O) groups is 2. The molecule has 0 unspecified atom stereocenters. The minimum absolute atomic E-state index is 0.0166. The molecular weight excluding hydrogens is 454 g/mol. The molecule has 0 bridgehead atoms. The van der Waals surface area contributed by atoms with Gasteiger partial charge in [0.05, 0.1) is 17.1 Å². The molecule has 1 amide bonds. The highest BCUT2D eigenvalue weighted by Crippen LogP contribution is 2.33. The van der Waals surface area contributed by atoms with Gasteiger partial charge in [0.25, 0.3) is 5.91 Å². The molecular formula is C25H20ClN5O3. The molecule has 1 N–H and O–H groups in total. The number of benzene rings is 2. The molecule has 1 aliphatic rings. The number of anilines is 1. The van der Waals surface area contributed by atoms with Crippen molar-refractivity contribution >= 4 is 29.3 Å². The number of aromatic nitrogens is 4. The van der Waals surface area contributed by atoms with E-state index in [0.717, 1.165) is 11.1 Å².